The smallest absolute Gasteiger partial charge is 0.228 e. The Kier molecular flexibility index (Phi) is 8.06. The van der Waals surface area contributed by atoms with Gasteiger partial charge in [-0.1, -0.05) is 38.1 Å². The number of hydrogen-bond acceptors (Lipinski definition) is 5. The lowest BCUT2D eigenvalue weighted by Gasteiger charge is -2.35. The van der Waals surface area contributed by atoms with Gasteiger partial charge in [-0.25, -0.2) is 4.68 Å². The van der Waals surface area contributed by atoms with Crippen molar-refractivity contribution in [2.75, 3.05) is 44.7 Å². The molecule has 2 aromatic heterocycles. The minimum atomic E-state index is 0.194. The molecule has 34 heavy (non-hydrogen) atoms. The number of piperazine rings is 1. The van der Waals surface area contributed by atoms with Crippen LogP contribution in [-0.4, -0.2) is 65.3 Å². The zero-order chi connectivity index (χ0) is 24.1. The van der Waals surface area contributed by atoms with Crippen LogP contribution in [0, 0.1) is 12.8 Å². The third-order valence-corrected chi connectivity index (χ3v) is 7.42. The summed E-state index contributed by atoms with van der Waals surface area (Å²) in [5.74, 6) is 1.87. The van der Waals surface area contributed by atoms with Crippen LogP contribution in [0.15, 0.2) is 47.8 Å². The van der Waals surface area contributed by atoms with Gasteiger partial charge >= 0.3 is 0 Å². The van der Waals surface area contributed by atoms with E-state index in [0.717, 1.165) is 66.8 Å². The Morgan fingerprint density at radius 1 is 1.09 bits per heavy atom. The number of anilines is 1. The van der Waals surface area contributed by atoms with Crippen molar-refractivity contribution in [1.29, 1.82) is 0 Å². The SMILES string of the molecule is Cc1nn(-c2ccccc2)c(N2CCN(C)CC2)c1CN(CCC(C)C)C(=O)Cc1cccs1. The Bertz CT molecular complexity index is 1050. The monoisotopic (exact) mass is 479 g/mol. The van der Waals surface area contributed by atoms with Gasteiger partial charge in [-0.3, -0.25) is 4.79 Å². The third kappa shape index (κ3) is 5.88. The van der Waals surface area contributed by atoms with E-state index in [9.17, 15) is 4.79 Å². The molecule has 1 aliphatic heterocycles. The second-order valence-corrected chi connectivity index (χ2v) is 10.7. The number of carbonyl (C=O) groups excluding carboxylic acids is 1. The lowest BCUT2D eigenvalue weighted by Crippen LogP contribution is -2.45. The molecule has 182 valence electrons. The van der Waals surface area contributed by atoms with E-state index in [0.29, 0.717) is 18.9 Å². The zero-order valence-electron chi connectivity index (χ0n) is 20.9. The molecule has 0 N–H and O–H groups in total. The molecule has 4 rings (SSSR count). The van der Waals surface area contributed by atoms with E-state index >= 15 is 0 Å². The number of benzene rings is 1. The first kappa shape index (κ1) is 24.5. The Morgan fingerprint density at radius 2 is 1.82 bits per heavy atom. The second-order valence-electron chi connectivity index (χ2n) is 9.68. The lowest BCUT2D eigenvalue weighted by atomic mass is 10.1. The summed E-state index contributed by atoms with van der Waals surface area (Å²) in [4.78, 5) is 21.4. The number of likely N-dealkylation sites (N-methyl/N-ethyl adjacent to an activating group) is 1. The van der Waals surface area contributed by atoms with Crippen LogP contribution in [-0.2, 0) is 17.8 Å². The highest BCUT2D eigenvalue weighted by molar-refractivity contribution is 7.10. The van der Waals surface area contributed by atoms with Gasteiger partial charge in [0, 0.05) is 43.2 Å². The number of aromatic nitrogens is 2. The van der Waals surface area contributed by atoms with Crippen LogP contribution < -0.4 is 4.90 Å². The number of aryl methyl sites for hydroxylation is 1. The average Bonchev–Trinajstić information content (AvgIpc) is 3.45. The minimum Gasteiger partial charge on any atom is -0.354 e. The Labute approximate surface area is 207 Å². The first-order chi connectivity index (χ1) is 16.4. The van der Waals surface area contributed by atoms with Gasteiger partial charge in [-0.2, -0.15) is 5.10 Å². The summed E-state index contributed by atoms with van der Waals surface area (Å²) in [5.41, 5.74) is 3.22. The summed E-state index contributed by atoms with van der Waals surface area (Å²) in [6.07, 6.45) is 1.46. The fraction of sp³-hybridized carbons (Fsp3) is 0.481. The Balaban J connectivity index is 1.68. The minimum absolute atomic E-state index is 0.194. The maximum atomic E-state index is 13.4. The summed E-state index contributed by atoms with van der Waals surface area (Å²) in [7, 11) is 2.18. The zero-order valence-corrected chi connectivity index (χ0v) is 21.7. The van der Waals surface area contributed by atoms with Crippen molar-refractivity contribution in [3.63, 3.8) is 0 Å². The molecule has 7 heteroatoms. The summed E-state index contributed by atoms with van der Waals surface area (Å²) >= 11 is 1.65. The molecular formula is C27H37N5OS. The fourth-order valence-electron chi connectivity index (χ4n) is 4.40. The first-order valence-electron chi connectivity index (χ1n) is 12.3. The number of nitrogens with zero attached hydrogens (tertiary/aromatic N) is 5. The molecule has 3 aromatic rings. The number of thiophene rings is 1. The molecule has 0 radical (unpaired) electrons. The van der Waals surface area contributed by atoms with E-state index in [1.807, 2.05) is 17.5 Å². The van der Waals surface area contributed by atoms with Crippen molar-refractivity contribution in [1.82, 2.24) is 19.6 Å². The highest BCUT2D eigenvalue weighted by Gasteiger charge is 2.27. The number of para-hydroxylation sites is 1. The molecule has 1 aliphatic rings. The van der Waals surface area contributed by atoms with Crippen molar-refractivity contribution in [2.45, 2.75) is 40.2 Å². The largest absolute Gasteiger partial charge is 0.354 e. The second kappa shape index (κ2) is 11.2. The van der Waals surface area contributed by atoms with E-state index in [1.54, 1.807) is 11.3 Å². The number of carbonyl (C=O) groups is 1. The molecule has 1 saturated heterocycles. The van der Waals surface area contributed by atoms with E-state index in [1.165, 1.54) is 0 Å². The number of rotatable bonds is 9. The average molecular weight is 480 g/mol. The normalized spacial score (nSPS) is 14.7. The van der Waals surface area contributed by atoms with Gasteiger partial charge in [-0.05, 0) is 49.9 Å². The summed E-state index contributed by atoms with van der Waals surface area (Å²) in [6, 6.07) is 14.4. The van der Waals surface area contributed by atoms with Crippen molar-refractivity contribution >= 4 is 23.1 Å². The van der Waals surface area contributed by atoms with Crippen LogP contribution in [0.4, 0.5) is 5.82 Å². The van der Waals surface area contributed by atoms with Crippen LogP contribution in [0.1, 0.15) is 36.4 Å². The highest BCUT2D eigenvalue weighted by atomic mass is 32.1. The maximum absolute atomic E-state index is 13.4. The predicted molar refractivity (Wildman–Crippen MR) is 141 cm³/mol. The predicted octanol–water partition coefficient (Wildman–Crippen LogP) is 4.61. The van der Waals surface area contributed by atoms with Gasteiger partial charge in [-0.15, -0.1) is 11.3 Å². The molecular weight excluding hydrogens is 442 g/mol. The highest BCUT2D eigenvalue weighted by Crippen LogP contribution is 2.30. The van der Waals surface area contributed by atoms with E-state index < -0.39 is 0 Å². The van der Waals surface area contributed by atoms with Crippen LogP contribution in [0.25, 0.3) is 5.69 Å². The van der Waals surface area contributed by atoms with Gasteiger partial charge in [0.25, 0.3) is 0 Å². The van der Waals surface area contributed by atoms with Crippen LogP contribution in [0.2, 0.25) is 0 Å². The van der Waals surface area contributed by atoms with Crippen molar-refractivity contribution < 1.29 is 4.79 Å². The molecule has 1 amide bonds. The molecule has 0 unspecified atom stereocenters. The van der Waals surface area contributed by atoms with Gasteiger partial charge in [0.05, 0.1) is 24.3 Å². The lowest BCUT2D eigenvalue weighted by molar-refractivity contribution is -0.131. The molecule has 0 spiro atoms. The van der Waals surface area contributed by atoms with E-state index in [2.05, 4.69) is 77.5 Å². The summed E-state index contributed by atoms with van der Waals surface area (Å²) < 4.78 is 2.08. The topological polar surface area (TPSA) is 44.6 Å². The summed E-state index contributed by atoms with van der Waals surface area (Å²) in [6.45, 7) is 11.8. The molecule has 3 heterocycles. The molecule has 0 aliphatic carbocycles. The third-order valence-electron chi connectivity index (χ3n) is 6.54. The van der Waals surface area contributed by atoms with Crippen LogP contribution in [0.3, 0.4) is 0 Å². The van der Waals surface area contributed by atoms with Gasteiger partial charge in [0.15, 0.2) is 0 Å². The number of amides is 1. The van der Waals surface area contributed by atoms with Gasteiger partial charge in [0.2, 0.25) is 5.91 Å². The Hall–Kier alpha value is -2.64. The standard InChI is InChI=1S/C27H37N5OS/c1-21(2)12-13-31(26(33)19-24-11-8-18-34-24)20-25-22(3)28-32(23-9-6-5-7-10-23)27(25)30-16-14-29(4)15-17-30/h5-11,18,21H,12-17,19-20H2,1-4H3. The first-order valence-corrected chi connectivity index (χ1v) is 13.2. The Morgan fingerprint density at radius 3 is 2.47 bits per heavy atom. The quantitative estimate of drug-likeness (QED) is 0.450. The summed E-state index contributed by atoms with van der Waals surface area (Å²) in [5, 5.41) is 7.03. The molecule has 1 fully saturated rings. The molecule has 6 nitrogen and oxygen atoms in total. The van der Waals surface area contributed by atoms with Crippen molar-refractivity contribution in [3.8, 4) is 5.69 Å². The van der Waals surface area contributed by atoms with Crippen LogP contribution >= 0.6 is 11.3 Å². The molecule has 0 atom stereocenters. The molecule has 0 bridgehead atoms. The fourth-order valence-corrected chi connectivity index (χ4v) is 5.09. The van der Waals surface area contributed by atoms with Gasteiger partial charge in [0.1, 0.15) is 5.82 Å². The molecule has 0 saturated carbocycles. The van der Waals surface area contributed by atoms with E-state index in [-0.39, 0.29) is 5.91 Å². The van der Waals surface area contributed by atoms with Gasteiger partial charge < -0.3 is 14.7 Å². The number of hydrogen-bond donors (Lipinski definition) is 0. The van der Waals surface area contributed by atoms with Crippen LogP contribution in [0.5, 0.6) is 0 Å². The maximum Gasteiger partial charge on any atom is 0.228 e. The molecule has 1 aromatic carbocycles. The van der Waals surface area contributed by atoms with Crippen molar-refractivity contribution in [3.05, 3.63) is 64.0 Å². The van der Waals surface area contributed by atoms with E-state index in [4.69, 9.17) is 5.10 Å². The van der Waals surface area contributed by atoms with Crippen molar-refractivity contribution in [2.24, 2.45) is 5.92 Å².